The minimum atomic E-state index is -0.505. The van der Waals surface area contributed by atoms with Gasteiger partial charge in [0.1, 0.15) is 17.0 Å². The van der Waals surface area contributed by atoms with E-state index in [0.717, 1.165) is 5.56 Å². The predicted molar refractivity (Wildman–Crippen MR) is 119 cm³/mol. The highest BCUT2D eigenvalue weighted by Gasteiger charge is 2.34. The van der Waals surface area contributed by atoms with Crippen LogP contribution in [0.4, 0.5) is 5.69 Å². The third-order valence-electron chi connectivity index (χ3n) is 4.53. The van der Waals surface area contributed by atoms with E-state index < -0.39 is 5.97 Å². The lowest BCUT2D eigenvalue weighted by Gasteiger charge is -2.18. The van der Waals surface area contributed by atoms with E-state index in [1.54, 1.807) is 49.4 Å². The molecule has 0 spiro atoms. The van der Waals surface area contributed by atoms with Crippen LogP contribution < -0.4 is 9.64 Å². The molecule has 31 heavy (non-hydrogen) atoms. The number of rotatable bonds is 5. The number of anilines is 1. The SMILES string of the molecule is CCOC(=O)c1ccccc1OC1=N/C(=C\c2ccccc2)C(=O)N1c1ccccc1. The highest BCUT2D eigenvalue weighted by Crippen LogP contribution is 2.28. The van der Waals surface area contributed by atoms with Crippen molar-refractivity contribution in [2.24, 2.45) is 4.99 Å². The van der Waals surface area contributed by atoms with E-state index in [-0.39, 0.29) is 35.5 Å². The summed E-state index contributed by atoms with van der Waals surface area (Å²) in [6.45, 7) is 1.98. The van der Waals surface area contributed by atoms with Gasteiger partial charge in [-0.3, -0.25) is 4.79 Å². The van der Waals surface area contributed by atoms with E-state index in [0.29, 0.717) is 5.69 Å². The largest absolute Gasteiger partial charge is 0.462 e. The Morgan fingerprint density at radius 1 is 0.935 bits per heavy atom. The molecule has 3 aromatic rings. The van der Waals surface area contributed by atoms with Crippen molar-refractivity contribution < 1.29 is 19.1 Å². The minimum absolute atomic E-state index is 0.0649. The van der Waals surface area contributed by atoms with Crippen molar-refractivity contribution in [3.05, 3.63) is 102 Å². The van der Waals surface area contributed by atoms with Crippen LogP contribution in [-0.2, 0) is 9.53 Å². The van der Waals surface area contributed by atoms with Crippen LogP contribution in [0.25, 0.3) is 6.08 Å². The normalized spacial score (nSPS) is 14.5. The van der Waals surface area contributed by atoms with Crippen LogP contribution in [0.15, 0.2) is 95.6 Å². The van der Waals surface area contributed by atoms with Crippen molar-refractivity contribution in [2.45, 2.75) is 6.92 Å². The summed E-state index contributed by atoms with van der Waals surface area (Å²) in [5.41, 5.74) is 1.94. The van der Waals surface area contributed by atoms with Gasteiger partial charge in [-0.25, -0.2) is 9.69 Å². The minimum Gasteiger partial charge on any atom is -0.462 e. The van der Waals surface area contributed by atoms with Crippen LogP contribution in [0, 0.1) is 0 Å². The van der Waals surface area contributed by atoms with Crippen molar-refractivity contribution in [3.63, 3.8) is 0 Å². The van der Waals surface area contributed by atoms with Gasteiger partial charge < -0.3 is 9.47 Å². The van der Waals surface area contributed by atoms with Crippen molar-refractivity contribution in [3.8, 4) is 5.75 Å². The summed E-state index contributed by atoms with van der Waals surface area (Å²) in [6, 6.07) is 25.3. The Balaban J connectivity index is 1.74. The van der Waals surface area contributed by atoms with Gasteiger partial charge in [0, 0.05) is 0 Å². The number of carbonyl (C=O) groups excluding carboxylic acids is 2. The summed E-state index contributed by atoms with van der Waals surface area (Å²) in [7, 11) is 0. The third-order valence-corrected chi connectivity index (χ3v) is 4.53. The number of nitrogens with zero attached hydrogens (tertiary/aromatic N) is 2. The van der Waals surface area contributed by atoms with E-state index >= 15 is 0 Å². The van der Waals surface area contributed by atoms with Crippen LogP contribution in [0.5, 0.6) is 5.75 Å². The molecule has 6 heteroatoms. The van der Waals surface area contributed by atoms with Crippen molar-refractivity contribution in [1.29, 1.82) is 0 Å². The van der Waals surface area contributed by atoms with E-state index in [4.69, 9.17) is 9.47 Å². The number of ether oxygens (including phenoxy) is 2. The Labute approximate surface area is 180 Å². The predicted octanol–water partition coefficient (Wildman–Crippen LogP) is 4.69. The van der Waals surface area contributed by atoms with Gasteiger partial charge in [0.05, 0.1) is 12.3 Å². The number of amides is 1. The zero-order valence-electron chi connectivity index (χ0n) is 16.9. The highest BCUT2D eigenvalue weighted by molar-refractivity contribution is 6.27. The molecule has 1 heterocycles. The molecule has 0 N–H and O–H groups in total. The molecular weight excluding hydrogens is 392 g/mol. The molecule has 1 aliphatic rings. The van der Waals surface area contributed by atoms with Gasteiger partial charge in [0.15, 0.2) is 0 Å². The zero-order valence-corrected chi connectivity index (χ0v) is 16.9. The molecule has 0 fully saturated rings. The lowest BCUT2D eigenvalue weighted by molar-refractivity contribution is -0.113. The number of hydrogen-bond donors (Lipinski definition) is 0. The summed E-state index contributed by atoms with van der Waals surface area (Å²) in [6.07, 6.45) is 1.70. The molecule has 1 amide bonds. The highest BCUT2D eigenvalue weighted by atomic mass is 16.5. The van der Waals surface area contributed by atoms with E-state index in [1.165, 1.54) is 4.90 Å². The number of amidine groups is 1. The van der Waals surface area contributed by atoms with Gasteiger partial charge >= 0.3 is 12.0 Å². The first-order chi connectivity index (χ1) is 15.2. The smallest absolute Gasteiger partial charge is 0.341 e. The summed E-state index contributed by atoms with van der Waals surface area (Å²) in [4.78, 5) is 31.4. The summed E-state index contributed by atoms with van der Waals surface area (Å²) >= 11 is 0. The first-order valence-corrected chi connectivity index (χ1v) is 9.86. The number of carbonyl (C=O) groups is 2. The van der Waals surface area contributed by atoms with Gasteiger partial charge in [0.2, 0.25) is 0 Å². The number of aliphatic imine (C=N–C) groups is 1. The van der Waals surface area contributed by atoms with Crippen molar-refractivity contribution >= 4 is 29.7 Å². The molecule has 0 saturated carbocycles. The van der Waals surface area contributed by atoms with Crippen molar-refractivity contribution in [2.75, 3.05) is 11.5 Å². The molecule has 1 aliphatic heterocycles. The molecule has 0 radical (unpaired) electrons. The molecule has 0 bridgehead atoms. The fourth-order valence-corrected chi connectivity index (χ4v) is 3.11. The van der Waals surface area contributed by atoms with Crippen molar-refractivity contribution in [1.82, 2.24) is 0 Å². The topological polar surface area (TPSA) is 68.2 Å². The third kappa shape index (κ3) is 4.38. The van der Waals surface area contributed by atoms with E-state index in [2.05, 4.69) is 4.99 Å². The van der Waals surface area contributed by atoms with Crippen LogP contribution >= 0.6 is 0 Å². The van der Waals surface area contributed by atoms with E-state index in [9.17, 15) is 9.59 Å². The van der Waals surface area contributed by atoms with Gasteiger partial charge in [0.25, 0.3) is 5.91 Å². The second-order valence-electron chi connectivity index (χ2n) is 6.63. The molecule has 0 aromatic heterocycles. The standard InChI is InChI=1S/C25H20N2O4/c1-2-30-24(29)20-15-9-10-16-22(20)31-25-26-21(17-18-11-5-3-6-12-18)23(28)27(25)19-13-7-4-8-14-19/h3-17H,2H2,1H3/b21-17-. The average molecular weight is 412 g/mol. The Bertz CT molecular complexity index is 1150. The van der Waals surface area contributed by atoms with Crippen LogP contribution in [0.3, 0.4) is 0 Å². The fourth-order valence-electron chi connectivity index (χ4n) is 3.11. The maximum atomic E-state index is 13.2. The van der Waals surface area contributed by atoms with Gasteiger partial charge in [-0.1, -0.05) is 60.7 Å². The zero-order chi connectivity index (χ0) is 21.6. The van der Waals surface area contributed by atoms with Crippen LogP contribution in [0.2, 0.25) is 0 Å². The monoisotopic (exact) mass is 412 g/mol. The lowest BCUT2D eigenvalue weighted by Crippen LogP contribution is -2.35. The molecule has 4 rings (SSSR count). The Morgan fingerprint density at radius 2 is 1.58 bits per heavy atom. The molecule has 0 saturated heterocycles. The second-order valence-corrected chi connectivity index (χ2v) is 6.63. The molecular formula is C25H20N2O4. The van der Waals surface area contributed by atoms with E-state index in [1.807, 2.05) is 48.5 Å². The summed E-state index contributed by atoms with van der Waals surface area (Å²) < 4.78 is 11.1. The maximum absolute atomic E-state index is 13.2. The van der Waals surface area contributed by atoms with Gasteiger partial charge in [-0.2, -0.15) is 4.99 Å². The molecule has 3 aromatic carbocycles. The Hall–Kier alpha value is -4.19. The number of hydrogen-bond acceptors (Lipinski definition) is 5. The van der Waals surface area contributed by atoms with Gasteiger partial charge in [-0.05, 0) is 42.8 Å². The van der Waals surface area contributed by atoms with Crippen LogP contribution in [0.1, 0.15) is 22.8 Å². The Morgan fingerprint density at radius 3 is 2.29 bits per heavy atom. The fraction of sp³-hybridized carbons (Fsp3) is 0.0800. The lowest BCUT2D eigenvalue weighted by atomic mass is 10.2. The Kier molecular flexibility index (Phi) is 5.89. The average Bonchev–Trinajstić information content (AvgIpc) is 3.10. The number of esters is 1. The quantitative estimate of drug-likeness (QED) is 0.451. The summed E-state index contributed by atoms with van der Waals surface area (Å²) in [5.74, 6) is -0.567. The molecule has 0 aliphatic carbocycles. The maximum Gasteiger partial charge on any atom is 0.341 e. The van der Waals surface area contributed by atoms with Crippen LogP contribution in [-0.4, -0.2) is 24.5 Å². The summed E-state index contributed by atoms with van der Waals surface area (Å²) in [5, 5.41) is 0. The number of benzene rings is 3. The van der Waals surface area contributed by atoms with Gasteiger partial charge in [-0.15, -0.1) is 0 Å². The first-order valence-electron chi connectivity index (χ1n) is 9.86. The second kappa shape index (κ2) is 9.09. The number of para-hydroxylation sites is 2. The molecule has 154 valence electrons. The molecule has 0 unspecified atom stereocenters. The first kappa shape index (κ1) is 20.1. The molecule has 6 nitrogen and oxygen atoms in total. The molecule has 0 atom stereocenters.